The third-order valence-corrected chi connectivity index (χ3v) is 2.96. The Kier molecular flexibility index (Phi) is 5.70. The highest BCUT2D eigenvalue weighted by Crippen LogP contribution is 2.21. The highest BCUT2D eigenvalue weighted by atomic mass is 32.1. The number of nitrogens with one attached hydrogen (secondary N) is 1. The Balaban J connectivity index is 2.67. The van der Waals surface area contributed by atoms with Crippen LogP contribution in [0.15, 0.2) is 0 Å². The van der Waals surface area contributed by atoms with Crippen molar-refractivity contribution in [1.29, 1.82) is 0 Å². The highest BCUT2D eigenvalue weighted by molar-refractivity contribution is 7.05. The first-order valence-corrected chi connectivity index (χ1v) is 5.95. The highest BCUT2D eigenvalue weighted by Gasteiger charge is 2.17. The normalized spacial score (nSPS) is 13.0. The van der Waals surface area contributed by atoms with E-state index in [1.807, 2.05) is 6.92 Å². The standard InChI is InChI=1S/C9H18N4OS/c1-3-5-7-9(15-13-12-7)8(11-10)6-14-4-2/h8,11H,3-6,10H2,1-2H3. The second-order valence-corrected chi connectivity index (χ2v) is 4.00. The van der Waals surface area contributed by atoms with Gasteiger partial charge in [-0.05, 0) is 24.9 Å². The molecule has 1 rings (SSSR count). The molecule has 1 aromatic heterocycles. The van der Waals surface area contributed by atoms with Crippen molar-refractivity contribution in [2.24, 2.45) is 5.84 Å². The van der Waals surface area contributed by atoms with Crippen LogP contribution in [0.4, 0.5) is 0 Å². The van der Waals surface area contributed by atoms with Crippen molar-refractivity contribution < 1.29 is 4.74 Å². The number of hydrogen-bond donors (Lipinski definition) is 2. The van der Waals surface area contributed by atoms with E-state index in [1.165, 1.54) is 11.5 Å². The summed E-state index contributed by atoms with van der Waals surface area (Å²) in [6.07, 6.45) is 2.00. The summed E-state index contributed by atoms with van der Waals surface area (Å²) in [5, 5.41) is 4.10. The number of hydrazine groups is 1. The van der Waals surface area contributed by atoms with E-state index in [1.54, 1.807) is 0 Å². The Labute approximate surface area is 94.1 Å². The van der Waals surface area contributed by atoms with E-state index in [2.05, 4.69) is 21.9 Å². The maximum Gasteiger partial charge on any atom is 0.0821 e. The van der Waals surface area contributed by atoms with E-state index < -0.39 is 0 Å². The van der Waals surface area contributed by atoms with Crippen molar-refractivity contribution in [3.63, 3.8) is 0 Å². The molecule has 0 aliphatic heterocycles. The second-order valence-electron chi connectivity index (χ2n) is 3.21. The molecule has 1 heterocycles. The zero-order chi connectivity index (χ0) is 11.1. The van der Waals surface area contributed by atoms with Gasteiger partial charge in [0.1, 0.15) is 0 Å². The van der Waals surface area contributed by atoms with Crippen LogP contribution in [-0.2, 0) is 11.2 Å². The number of aryl methyl sites for hydroxylation is 1. The molecular weight excluding hydrogens is 212 g/mol. The summed E-state index contributed by atoms with van der Waals surface area (Å²) >= 11 is 1.39. The van der Waals surface area contributed by atoms with Crippen LogP contribution in [0.25, 0.3) is 0 Å². The molecular formula is C9H18N4OS. The predicted molar refractivity (Wildman–Crippen MR) is 60.5 cm³/mol. The number of hydrogen-bond acceptors (Lipinski definition) is 6. The summed E-state index contributed by atoms with van der Waals surface area (Å²) in [7, 11) is 0. The fourth-order valence-electron chi connectivity index (χ4n) is 1.33. The van der Waals surface area contributed by atoms with Crippen LogP contribution in [0.3, 0.4) is 0 Å². The van der Waals surface area contributed by atoms with Gasteiger partial charge in [-0.15, -0.1) is 5.10 Å². The van der Waals surface area contributed by atoms with Gasteiger partial charge in [-0.2, -0.15) is 0 Å². The molecule has 3 N–H and O–H groups in total. The number of ether oxygens (including phenoxy) is 1. The summed E-state index contributed by atoms with van der Waals surface area (Å²) in [6.45, 7) is 5.34. The van der Waals surface area contributed by atoms with Crippen LogP contribution < -0.4 is 11.3 Å². The minimum atomic E-state index is 0.00602. The van der Waals surface area contributed by atoms with Gasteiger partial charge in [-0.3, -0.25) is 5.84 Å². The van der Waals surface area contributed by atoms with E-state index in [9.17, 15) is 0 Å². The molecule has 0 spiro atoms. The summed E-state index contributed by atoms with van der Waals surface area (Å²) in [5.74, 6) is 5.49. The maximum atomic E-state index is 5.49. The van der Waals surface area contributed by atoms with E-state index >= 15 is 0 Å². The molecule has 1 unspecified atom stereocenters. The largest absolute Gasteiger partial charge is 0.380 e. The first kappa shape index (κ1) is 12.5. The van der Waals surface area contributed by atoms with Gasteiger partial charge in [0.05, 0.1) is 23.2 Å². The molecule has 0 amide bonds. The van der Waals surface area contributed by atoms with Gasteiger partial charge in [-0.1, -0.05) is 17.8 Å². The van der Waals surface area contributed by atoms with Crippen LogP contribution in [0.1, 0.15) is 36.9 Å². The summed E-state index contributed by atoms with van der Waals surface area (Å²) < 4.78 is 9.31. The van der Waals surface area contributed by atoms with Crippen molar-refractivity contribution in [2.75, 3.05) is 13.2 Å². The average Bonchev–Trinajstić information content (AvgIpc) is 2.68. The Hall–Kier alpha value is -0.560. The Morgan fingerprint density at radius 1 is 1.53 bits per heavy atom. The lowest BCUT2D eigenvalue weighted by Gasteiger charge is -2.14. The molecule has 0 radical (unpaired) electrons. The van der Waals surface area contributed by atoms with Crippen molar-refractivity contribution >= 4 is 11.5 Å². The van der Waals surface area contributed by atoms with Crippen LogP contribution in [0.2, 0.25) is 0 Å². The van der Waals surface area contributed by atoms with Gasteiger partial charge in [-0.25, -0.2) is 5.43 Å². The second kappa shape index (κ2) is 6.84. The van der Waals surface area contributed by atoms with Crippen LogP contribution >= 0.6 is 11.5 Å². The predicted octanol–water partition coefficient (Wildman–Crippen LogP) is 1.03. The smallest absolute Gasteiger partial charge is 0.0821 e. The molecule has 5 nitrogen and oxygen atoms in total. The molecule has 15 heavy (non-hydrogen) atoms. The molecule has 0 bridgehead atoms. The molecule has 1 atom stereocenters. The number of aromatic nitrogens is 2. The van der Waals surface area contributed by atoms with Gasteiger partial charge in [0.2, 0.25) is 0 Å². The lowest BCUT2D eigenvalue weighted by molar-refractivity contribution is 0.124. The molecule has 0 saturated heterocycles. The van der Waals surface area contributed by atoms with Crippen LogP contribution in [0, 0.1) is 0 Å². The number of nitrogens with zero attached hydrogens (tertiary/aromatic N) is 2. The summed E-state index contributed by atoms with van der Waals surface area (Å²) in [5.41, 5.74) is 3.78. The molecule has 86 valence electrons. The van der Waals surface area contributed by atoms with E-state index in [0.717, 1.165) is 23.4 Å². The Bertz CT molecular complexity index is 279. The molecule has 6 heteroatoms. The van der Waals surface area contributed by atoms with E-state index in [4.69, 9.17) is 10.6 Å². The van der Waals surface area contributed by atoms with Crippen molar-refractivity contribution in [3.05, 3.63) is 10.6 Å². The third-order valence-electron chi connectivity index (χ3n) is 2.08. The first-order chi connectivity index (χ1) is 7.33. The van der Waals surface area contributed by atoms with E-state index in [0.29, 0.717) is 13.2 Å². The van der Waals surface area contributed by atoms with Gasteiger partial charge < -0.3 is 4.74 Å². The quantitative estimate of drug-likeness (QED) is 0.540. The molecule has 1 aromatic rings. The van der Waals surface area contributed by atoms with E-state index in [-0.39, 0.29) is 6.04 Å². The molecule has 0 aliphatic rings. The van der Waals surface area contributed by atoms with Gasteiger partial charge in [0.15, 0.2) is 0 Å². The minimum absolute atomic E-state index is 0.00602. The van der Waals surface area contributed by atoms with Gasteiger partial charge in [0.25, 0.3) is 0 Å². The Morgan fingerprint density at radius 2 is 2.33 bits per heavy atom. The fraction of sp³-hybridized carbons (Fsp3) is 0.778. The topological polar surface area (TPSA) is 73.1 Å². The number of rotatable bonds is 7. The maximum absolute atomic E-state index is 5.49. The average molecular weight is 230 g/mol. The first-order valence-electron chi connectivity index (χ1n) is 5.18. The van der Waals surface area contributed by atoms with Crippen LogP contribution in [-0.4, -0.2) is 22.8 Å². The van der Waals surface area contributed by atoms with Crippen molar-refractivity contribution in [2.45, 2.75) is 32.7 Å². The van der Waals surface area contributed by atoms with Crippen LogP contribution in [0.5, 0.6) is 0 Å². The monoisotopic (exact) mass is 230 g/mol. The summed E-state index contributed by atoms with van der Waals surface area (Å²) in [6, 6.07) is 0.00602. The fourth-order valence-corrected chi connectivity index (χ4v) is 2.06. The minimum Gasteiger partial charge on any atom is -0.380 e. The lowest BCUT2D eigenvalue weighted by atomic mass is 10.1. The Morgan fingerprint density at radius 3 is 2.93 bits per heavy atom. The van der Waals surface area contributed by atoms with Gasteiger partial charge >= 0.3 is 0 Å². The van der Waals surface area contributed by atoms with Crippen molar-refractivity contribution in [3.8, 4) is 0 Å². The SMILES string of the molecule is CCCc1nnsc1C(COCC)NN. The molecule has 0 saturated carbocycles. The molecule has 0 aliphatic carbocycles. The zero-order valence-corrected chi connectivity index (χ0v) is 10.0. The van der Waals surface area contributed by atoms with Gasteiger partial charge in [0, 0.05) is 6.61 Å². The molecule has 0 aromatic carbocycles. The zero-order valence-electron chi connectivity index (χ0n) is 9.19. The lowest BCUT2D eigenvalue weighted by Crippen LogP contribution is -2.31. The van der Waals surface area contributed by atoms with Crippen molar-refractivity contribution in [1.82, 2.24) is 15.0 Å². The number of nitrogens with two attached hydrogens (primary N) is 1. The third kappa shape index (κ3) is 3.49. The molecule has 0 fully saturated rings. The summed E-state index contributed by atoms with van der Waals surface area (Å²) in [4.78, 5) is 1.09.